The number of halogens is 4. The molecule has 2 aliphatic rings. The largest absolute Gasteiger partial charge is 0.459 e. The van der Waals surface area contributed by atoms with E-state index in [1.54, 1.807) is 0 Å². The Hall–Kier alpha value is -0.920. The number of hydrogen-bond donors (Lipinski definition) is 2. The van der Waals surface area contributed by atoms with E-state index in [1.807, 2.05) is 12.1 Å². The zero-order valence-corrected chi connectivity index (χ0v) is 30.5. The van der Waals surface area contributed by atoms with Crippen LogP contribution in [0.25, 0.3) is 0 Å². The van der Waals surface area contributed by atoms with Crippen LogP contribution in [0.2, 0.25) is 0 Å². The Balaban J connectivity index is 1.81. The Morgan fingerprint density at radius 3 is 1.29 bits per heavy atom. The highest BCUT2D eigenvalue weighted by Crippen LogP contribution is 2.54. The molecule has 252 valence electrons. The highest BCUT2D eigenvalue weighted by molar-refractivity contribution is 6.18. The molecule has 4 rings (SSSR count). The van der Waals surface area contributed by atoms with Gasteiger partial charge in [0.15, 0.2) is 0 Å². The summed E-state index contributed by atoms with van der Waals surface area (Å²) in [6.07, 6.45) is 1.65. The minimum absolute atomic E-state index is 0.0253. The zero-order chi connectivity index (χ0) is 33.1. The number of fused-ring (bicyclic) bond motifs is 6. The average molecular weight is 705 g/mol. The molecule has 2 aliphatic heterocycles. The molecule has 5 nitrogen and oxygen atoms in total. The molecular weight excluding hydrogens is 654 g/mol. The van der Waals surface area contributed by atoms with Crippen LogP contribution in [0, 0.1) is 11.8 Å². The lowest BCUT2D eigenvalue weighted by molar-refractivity contribution is -0.228. The third kappa shape index (κ3) is 8.39. The van der Waals surface area contributed by atoms with Gasteiger partial charge in [-0.3, -0.25) is 4.74 Å². The zero-order valence-electron chi connectivity index (χ0n) is 27.5. The van der Waals surface area contributed by atoms with Crippen LogP contribution in [-0.2, 0) is 15.6 Å². The molecule has 9 heteroatoms. The first-order chi connectivity index (χ1) is 21.2. The Bertz CT molecular complexity index is 1190. The van der Waals surface area contributed by atoms with Crippen LogP contribution in [0.3, 0.4) is 0 Å². The summed E-state index contributed by atoms with van der Waals surface area (Å²) in [6.45, 7) is 12.8. The topological polar surface area (TPSA) is 68.2 Å². The van der Waals surface area contributed by atoms with Gasteiger partial charge in [0.25, 0.3) is 0 Å². The molecular formula is C36H50Cl4O5. The summed E-state index contributed by atoms with van der Waals surface area (Å²) in [5, 5.41) is 23.2. The summed E-state index contributed by atoms with van der Waals surface area (Å²) in [4.78, 5) is 0. The monoisotopic (exact) mass is 702 g/mol. The van der Waals surface area contributed by atoms with Gasteiger partial charge in [-0.1, -0.05) is 41.5 Å². The summed E-state index contributed by atoms with van der Waals surface area (Å²) >= 11 is 24.3. The number of rotatable bonds is 14. The van der Waals surface area contributed by atoms with Crippen molar-refractivity contribution in [3.63, 3.8) is 0 Å². The normalized spacial score (nSPS) is 20.4. The van der Waals surface area contributed by atoms with Crippen LogP contribution in [0.4, 0.5) is 0 Å². The maximum atomic E-state index is 11.6. The molecule has 45 heavy (non-hydrogen) atoms. The highest BCUT2D eigenvalue weighted by Gasteiger charge is 2.43. The lowest BCUT2D eigenvalue weighted by atomic mass is 9.80. The Morgan fingerprint density at radius 2 is 0.978 bits per heavy atom. The molecule has 0 radical (unpaired) electrons. The molecule has 0 fully saturated rings. The van der Waals surface area contributed by atoms with Gasteiger partial charge in [0.1, 0.15) is 11.5 Å². The molecule has 0 amide bonds. The molecule has 2 aromatic carbocycles. The van der Waals surface area contributed by atoms with Crippen LogP contribution < -0.4 is 9.47 Å². The van der Waals surface area contributed by atoms with Crippen molar-refractivity contribution in [1.82, 2.24) is 0 Å². The number of aliphatic hydroxyl groups is 2. The Morgan fingerprint density at radius 1 is 0.600 bits per heavy atom. The number of alkyl halides is 4. The standard InChI is InChI=1S/C36H50Cl4O5/c1-35(2,3)27-19-23(29(41)21(11-15-39)9-7-13-37)17-25-31(27)43-34-26-18-24(30(42)22(12-16-40)10-8-14-38)20-28(36(4,5)6)32(26)44-33(25)45-34/h17-22,29-30,33-34,41-42H,7-16H2,1-6H3. The molecule has 2 heterocycles. The minimum atomic E-state index is -0.724. The van der Waals surface area contributed by atoms with Crippen molar-refractivity contribution < 1.29 is 24.4 Å². The predicted molar refractivity (Wildman–Crippen MR) is 186 cm³/mol. The van der Waals surface area contributed by atoms with Gasteiger partial charge in [0.05, 0.1) is 23.3 Å². The van der Waals surface area contributed by atoms with Crippen LogP contribution in [0.5, 0.6) is 11.5 Å². The van der Waals surface area contributed by atoms with E-state index >= 15 is 0 Å². The van der Waals surface area contributed by atoms with Crippen molar-refractivity contribution in [2.75, 3.05) is 23.5 Å². The predicted octanol–water partition coefficient (Wildman–Crippen LogP) is 10.4. The van der Waals surface area contributed by atoms with E-state index in [-0.39, 0.29) is 22.7 Å². The average Bonchev–Trinajstić information content (AvgIpc) is 2.99. The third-order valence-electron chi connectivity index (χ3n) is 9.05. The fourth-order valence-electron chi connectivity index (χ4n) is 6.50. The van der Waals surface area contributed by atoms with Crippen LogP contribution in [0.15, 0.2) is 24.3 Å². The number of ether oxygens (including phenoxy) is 3. The molecule has 0 aromatic heterocycles. The van der Waals surface area contributed by atoms with Gasteiger partial charge in [0.2, 0.25) is 12.6 Å². The molecule has 2 N–H and O–H groups in total. The van der Waals surface area contributed by atoms with E-state index in [1.165, 1.54) is 0 Å². The summed E-state index contributed by atoms with van der Waals surface area (Å²) in [5.41, 5.74) is 4.45. The van der Waals surface area contributed by atoms with Gasteiger partial charge >= 0.3 is 0 Å². The van der Waals surface area contributed by atoms with Crippen LogP contribution in [-0.4, -0.2) is 33.7 Å². The molecule has 2 bridgehead atoms. The molecule has 0 saturated heterocycles. The van der Waals surface area contributed by atoms with Gasteiger partial charge in [-0.15, -0.1) is 46.4 Å². The van der Waals surface area contributed by atoms with Gasteiger partial charge in [-0.2, -0.15) is 0 Å². The first-order valence-corrected chi connectivity index (χ1v) is 18.3. The summed E-state index contributed by atoms with van der Waals surface area (Å²) in [5.74, 6) is 3.38. The van der Waals surface area contributed by atoms with E-state index < -0.39 is 24.8 Å². The summed E-state index contributed by atoms with van der Waals surface area (Å²) in [7, 11) is 0. The number of benzene rings is 2. The van der Waals surface area contributed by atoms with Crippen LogP contribution >= 0.6 is 46.4 Å². The second-order valence-corrected chi connectivity index (χ2v) is 16.0. The van der Waals surface area contributed by atoms with Crippen molar-refractivity contribution in [1.29, 1.82) is 0 Å². The van der Waals surface area contributed by atoms with E-state index in [2.05, 4.69) is 53.7 Å². The quantitative estimate of drug-likeness (QED) is 0.192. The molecule has 0 aliphatic carbocycles. The lowest BCUT2D eigenvalue weighted by Gasteiger charge is -2.42. The van der Waals surface area contributed by atoms with Crippen molar-refractivity contribution >= 4 is 46.4 Å². The second-order valence-electron chi connectivity index (χ2n) is 14.5. The molecule has 6 atom stereocenters. The highest BCUT2D eigenvalue weighted by atomic mass is 35.5. The van der Waals surface area contributed by atoms with Gasteiger partial charge in [-0.25, -0.2) is 0 Å². The maximum absolute atomic E-state index is 11.6. The van der Waals surface area contributed by atoms with E-state index in [0.29, 0.717) is 47.9 Å². The van der Waals surface area contributed by atoms with E-state index in [9.17, 15) is 10.2 Å². The number of aliphatic hydroxyl groups excluding tert-OH is 2. The lowest BCUT2D eigenvalue weighted by Crippen LogP contribution is -2.34. The first-order valence-electron chi connectivity index (χ1n) is 16.2. The maximum Gasteiger partial charge on any atom is 0.233 e. The van der Waals surface area contributed by atoms with Gasteiger partial charge in [-0.05, 0) is 96.6 Å². The molecule has 2 aromatic rings. The van der Waals surface area contributed by atoms with Crippen LogP contribution in [0.1, 0.15) is 138 Å². The first kappa shape index (κ1) is 36.9. The van der Waals surface area contributed by atoms with Gasteiger partial charge in [0, 0.05) is 34.6 Å². The smallest absolute Gasteiger partial charge is 0.233 e. The van der Waals surface area contributed by atoms with Crippen molar-refractivity contribution in [3.05, 3.63) is 57.6 Å². The minimum Gasteiger partial charge on any atom is -0.459 e. The van der Waals surface area contributed by atoms with E-state index in [0.717, 1.165) is 59.1 Å². The Labute approximate surface area is 289 Å². The number of hydrogen-bond acceptors (Lipinski definition) is 5. The van der Waals surface area contributed by atoms with Crippen molar-refractivity contribution in [2.24, 2.45) is 11.8 Å². The molecule has 6 unspecified atom stereocenters. The Kier molecular flexibility index (Phi) is 12.7. The molecule has 0 saturated carbocycles. The third-order valence-corrected chi connectivity index (χ3v) is 10.0. The van der Waals surface area contributed by atoms with Gasteiger partial charge < -0.3 is 19.7 Å². The van der Waals surface area contributed by atoms with Crippen molar-refractivity contribution in [3.8, 4) is 11.5 Å². The fraction of sp³-hybridized carbons (Fsp3) is 0.667. The van der Waals surface area contributed by atoms with E-state index in [4.69, 9.17) is 60.6 Å². The summed E-state index contributed by atoms with van der Waals surface area (Å²) < 4.78 is 19.9. The fourth-order valence-corrected chi connectivity index (χ4v) is 7.37. The SMILES string of the molecule is CC(C)(C)c1cc(C(O)C(CCCl)CCCCl)cc2c1OC1OC2Oc2c1cc(C(O)C(CCCl)CCCCl)cc2C(C)(C)C. The van der Waals surface area contributed by atoms with Crippen molar-refractivity contribution in [2.45, 2.75) is 116 Å². The second kappa shape index (κ2) is 15.5. The summed E-state index contributed by atoms with van der Waals surface area (Å²) in [6, 6.07) is 8.04. The molecule has 0 spiro atoms.